The smallest absolute Gasteiger partial charge is 0.254 e. The summed E-state index contributed by atoms with van der Waals surface area (Å²) in [4.78, 5) is 11.6. The van der Waals surface area contributed by atoms with Gasteiger partial charge in [-0.2, -0.15) is 5.10 Å². The van der Waals surface area contributed by atoms with Gasteiger partial charge in [-0.3, -0.25) is 9.89 Å². The number of nitrogens with one attached hydrogen (secondary N) is 2. The molecule has 0 radical (unpaired) electrons. The third-order valence-electron chi connectivity index (χ3n) is 2.06. The number of aromatic nitrogens is 2. The molecule has 1 atom stereocenters. The fourth-order valence-electron chi connectivity index (χ4n) is 1.35. The normalized spacial score (nSPS) is 21.1. The topological polar surface area (TPSA) is 67.0 Å². The zero-order valence-electron chi connectivity index (χ0n) is 7.42. The van der Waals surface area contributed by atoms with Crippen molar-refractivity contribution in [2.24, 2.45) is 0 Å². The molecule has 14 heavy (non-hydrogen) atoms. The van der Waals surface area contributed by atoms with Crippen molar-refractivity contribution in [1.29, 1.82) is 0 Å². The van der Waals surface area contributed by atoms with E-state index in [4.69, 9.17) is 4.74 Å². The van der Waals surface area contributed by atoms with Crippen LogP contribution in [-0.4, -0.2) is 28.8 Å². The first-order valence-corrected chi connectivity index (χ1v) is 5.18. The van der Waals surface area contributed by atoms with Crippen LogP contribution in [0, 0.1) is 0 Å². The van der Waals surface area contributed by atoms with Crippen LogP contribution in [0.4, 0.5) is 5.82 Å². The summed E-state index contributed by atoms with van der Waals surface area (Å²) < 4.78 is 5.98. The molecular formula is C8H10BrN3O2. The summed E-state index contributed by atoms with van der Waals surface area (Å²) in [7, 11) is 0. The summed E-state index contributed by atoms with van der Waals surface area (Å²) in [6, 6.07) is 0. The zero-order valence-corrected chi connectivity index (χ0v) is 9.00. The van der Waals surface area contributed by atoms with E-state index >= 15 is 0 Å². The molecule has 0 bridgehead atoms. The molecule has 5 nitrogen and oxygen atoms in total. The lowest BCUT2D eigenvalue weighted by Gasteiger charge is -2.08. The van der Waals surface area contributed by atoms with Gasteiger partial charge in [-0.25, -0.2) is 0 Å². The fraction of sp³-hybridized carbons (Fsp3) is 0.500. The van der Waals surface area contributed by atoms with E-state index in [1.807, 2.05) is 0 Å². The van der Waals surface area contributed by atoms with Crippen LogP contribution in [0.2, 0.25) is 0 Å². The van der Waals surface area contributed by atoms with Crippen LogP contribution in [-0.2, 0) is 9.53 Å². The first kappa shape index (κ1) is 9.67. The molecule has 0 aliphatic carbocycles. The second kappa shape index (κ2) is 4.10. The van der Waals surface area contributed by atoms with Gasteiger partial charge >= 0.3 is 0 Å². The van der Waals surface area contributed by atoms with Crippen molar-refractivity contribution in [2.75, 3.05) is 11.9 Å². The Kier molecular flexibility index (Phi) is 2.83. The second-order valence-corrected chi connectivity index (χ2v) is 3.94. The number of rotatable bonds is 2. The molecule has 2 N–H and O–H groups in total. The van der Waals surface area contributed by atoms with Crippen LogP contribution in [0.15, 0.2) is 10.7 Å². The van der Waals surface area contributed by atoms with E-state index in [0.29, 0.717) is 12.4 Å². The highest BCUT2D eigenvalue weighted by Gasteiger charge is 2.24. The Morgan fingerprint density at radius 3 is 3.21 bits per heavy atom. The van der Waals surface area contributed by atoms with Crippen LogP contribution in [0.3, 0.4) is 0 Å². The van der Waals surface area contributed by atoms with E-state index in [1.165, 1.54) is 0 Å². The van der Waals surface area contributed by atoms with Crippen molar-refractivity contribution in [3.05, 3.63) is 10.7 Å². The molecular weight excluding hydrogens is 250 g/mol. The Morgan fingerprint density at radius 2 is 2.64 bits per heavy atom. The Balaban J connectivity index is 1.97. The number of hydrogen-bond donors (Lipinski definition) is 2. The molecule has 0 aromatic carbocycles. The van der Waals surface area contributed by atoms with Crippen molar-refractivity contribution in [1.82, 2.24) is 10.2 Å². The lowest BCUT2D eigenvalue weighted by atomic mass is 10.2. The van der Waals surface area contributed by atoms with Gasteiger partial charge < -0.3 is 10.1 Å². The highest BCUT2D eigenvalue weighted by molar-refractivity contribution is 9.10. The van der Waals surface area contributed by atoms with Gasteiger partial charge in [0.1, 0.15) is 11.9 Å². The van der Waals surface area contributed by atoms with E-state index in [9.17, 15) is 4.79 Å². The monoisotopic (exact) mass is 259 g/mol. The molecule has 1 aliphatic rings. The van der Waals surface area contributed by atoms with Gasteiger partial charge in [-0.1, -0.05) is 0 Å². The molecule has 1 saturated heterocycles. The summed E-state index contributed by atoms with van der Waals surface area (Å²) >= 11 is 3.25. The Labute approximate surface area is 89.3 Å². The van der Waals surface area contributed by atoms with Crippen molar-refractivity contribution in [3.8, 4) is 0 Å². The van der Waals surface area contributed by atoms with Gasteiger partial charge in [0.25, 0.3) is 5.91 Å². The van der Waals surface area contributed by atoms with Crippen LogP contribution in [0.1, 0.15) is 12.8 Å². The van der Waals surface area contributed by atoms with Gasteiger partial charge in [-0.15, -0.1) is 0 Å². The second-order valence-electron chi connectivity index (χ2n) is 3.08. The lowest BCUT2D eigenvalue weighted by Crippen LogP contribution is -2.27. The van der Waals surface area contributed by atoms with Crippen LogP contribution < -0.4 is 5.32 Å². The Morgan fingerprint density at radius 1 is 1.79 bits per heavy atom. The average Bonchev–Trinajstić information content (AvgIpc) is 2.77. The largest absolute Gasteiger partial charge is 0.368 e. The molecule has 0 spiro atoms. The first-order valence-electron chi connectivity index (χ1n) is 4.38. The van der Waals surface area contributed by atoms with Crippen molar-refractivity contribution in [2.45, 2.75) is 18.9 Å². The van der Waals surface area contributed by atoms with E-state index in [2.05, 4.69) is 31.4 Å². The van der Waals surface area contributed by atoms with Crippen molar-refractivity contribution < 1.29 is 9.53 Å². The van der Waals surface area contributed by atoms with E-state index < -0.39 is 0 Å². The molecule has 1 aromatic rings. The molecule has 76 valence electrons. The number of aromatic amines is 1. The lowest BCUT2D eigenvalue weighted by molar-refractivity contribution is -0.124. The molecule has 1 amide bonds. The maximum Gasteiger partial charge on any atom is 0.254 e. The number of carbonyl (C=O) groups excluding carboxylic acids is 1. The molecule has 1 aromatic heterocycles. The zero-order chi connectivity index (χ0) is 9.97. The molecule has 0 unspecified atom stereocenters. The summed E-state index contributed by atoms with van der Waals surface area (Å²) in [5.74, 6) is 0.456. The maximum atomic E-state index is 11.6. The van der Waals surface area contributed by atoms with Gasteiger partial charge in [-0.05, 0) is 28.8 Å². The predicted octanol–water partition coefficient (Wildman–Crippen LogP) is 1.29. The minimum absolute atomic E-state index is 0.118. The number of ether oxygens (including phenoxy) is 1. The standard InChI is InChI=1S/C8H10BrN3O2/c9-5-4-10-12-7(5)11-8(13)6-2-1-3-14-6/h4,6H,1-3H2,(H2,10,11,12,13)/t6-/m1/s1. The molecule has 2 heterocycles. The first-order chi connectivity index (χ1) is 6.77. The molecule has 1 aliphatic heterocycles. The summed E-state index contributed by atoms with van der Waals surface area (Å²) in [5.41, 5.74) is 0. The Bertz CT molecular complexity index is 333. The highest BCUT2D eigenvalue weighted by atomic mass is 79.9. The van der Waals surface area contributed by atoms with E-state index in [0.717, 1.165) is 17.3 Å². The fourth-order valence-corrected chi connectivity index (χ4v) is 1.64. The Hall–Kier alpha value is -0.880. The number of carbonyl (C=O) groups is 1. The van der Waals surface area contributed by atoms with Gasteiger partial charge in [0.05, 0.1) is 10.7 Å². The minimum Gasteiger partial charge on any atom is -0.368 e. The van der Waals surface area contributed by atoms with Crippen LogP contribution in [0.5, 0.6) is 0 Å². The highest BCUT2D eigenvalue weighted by Crippen LogP contribution is 2.20. The number of hydrogen-bond acceptors (Lipinski definition) is 3. The van der Waals surface area contributed by atoms with Gasteiger partial charge in [0.2, 0.25) is 0 Å². The van der Waals surface area contributed by atoms with E-state index in [1.54, 1.807) is 6.20 Å². The average molecular weight is 260 g/mol. The predicted molar refractivity (Wildman–Crippen MR) is 53.9 cm³/mol. The number of halogens is 1. The van der Waals surface area contributed by atoms with Crippen LogP contribution in [0.25, 0.3) is 0 Å². The minimum atomic E-state index is -0.315. The van der Waals surface area contributed by atoms with Gasteiger partial charge in [0.15, 0.2) is 0 Å². The third kappa shape index (κ3) is 1.96. The summed E-state index contributed by atoms with van der Waals surface area (Å²) in [5, 5.41) is 9.15. The quantitative estimate of drug-likeness (QED) is 0.841. The molecule has 1 fully saturated rings. The van der Waals surface area contributed by atoms with Crippen molar-refractivity contribution in [3.63, 3.8) is 0 Å². The van der Waals surface area contributed by atoms with E-state index in [-0.39, 0.29) is 12.0 Å². The number of amides is 1. The molecule has 0 saturated carbocycles. The SMILES string of the molecule is O=C(Nc1[nH]ncc1Br)[C@H]1CCCO1. The third-order valence-corrected chi connectivity index (χ3v) is 2.66. The number of H-pyrrole nitrogens is 1. The maximum absolute atomic E-state index is 11.6. The summed E-state index contributed by atoms with van der Waals surface area (Å²) in [6.07, 6.45) is 3.01. The number of nitrogens with zero attached hydrogens (tertiary/aromatic N) is 1. The van der Waals surface area contributed by atoms with Crippen LogP contribution >= 0.6 is 15.9 Å². The molecule has 6 heteroatoms. The summed E-state index contributed by atoms with van der Waals surface area (Å²) in [6.45, 7) is 0.669. The molecule has 2 rings (SSSR count). The van der Waals surface area contributed by atoms with Gasteiger partial charge in [0, 0.05) is 6.61 Å². The van der Waals surface area contributed by atoms with Crippen molar-refractivity contribution >= 4 is 27.7 Å². The number of anilines is 1.